The van der Waals surface area contributed by atoms with Crippen LogP contribution in [0, 0.1) is 0 Å². The molecule has 0 spiro atoms. The number of thiazole rings is 1. The van der Waals surface area contributed by atoms with Crippen LogP contribution in [0.25, 0.3) is 0 Å². The van der Waals surface area contributed by atoms with Crippen molar-refractivity contribution in [3.63, 3.8) is 0 Å². The maximum absolute atomic E-state index is 12.7. The van der Waals surface area contributed by atoms with Gasteiger partial charge in [0.05, 0.1) is 34.9 Å². The number of amides is 1. The number of hydrogen-bond donors (Lipinski definition) is 3. The third kappa shape index (κ3) is 6.90. The number of carbonyl (C=O) groups is 1. The molecule has 2 heterocycles. The lowest BCUT2D eigenvalue weighted by molar-refractivity contribution is -0.117. The lowest BCUT2D eigenvalue weighted by Crippen LogP contribution is -2.19. The number of benzene rings is 1. The normalized spacial score (nSPS) is 12.7. The smallest absolute Gasteiger partial charge is 0.233 e. The number of aliphatic hydroxyl groups is 1. The molecule has 3 rings (SSSR count). The number of rotatable bonds is 10. The van der Waals surface area contributed by atoms with Crippen LogP contribution in [-0.4, -0.2) is 34.1 Å². The molecule has 2 aromatic heterocycles. The average Bonchev–Trinajstić information content (AvgIpc) is 3.42. The van der Waals surface area contributed by atoms with E-state index >= 15 is 0 Å². The predicted molar refractivity (Wildman–Crippen MR) is 129 cm³/mol. The third-order valence-corrected chi connectivity index (χ3v) is 6.93. The van der Waals surface area contributed by atoms with Gasteiger partial charge in [0.25, 0.3) is 0 Å². The molecule has 0 saturated carbocycles. The van der Waals surface area contributed by atoms with Crippen LogP contribution in [0.1, 0.15) is 56.4 Å². The molecule has 9 heteroatoms. The first kappa shape index (κ1) is 24.4. The van der Waals surface area contributed by atoms with Gasteiger partial charge in [-0.05, 0) is 18.1 Å². The molecule has 32 heavy (non-hydrogen) atoms. The summed E-state index contributed by atoms with van der Waals surface area (Å²) in [5.74, 6) is 1.78. The number of nitrogens with one attached hydrogen (secondary N) is 2. The Morgan fingerprint density at radius 2 is 1.97 bits per heavy atom. The second-order valence-electron chi connectivity index (χ2n) is 8.49. The van der Waals surface area contributed by atoms with Crippen molar-refractivity contribution in [1.82, 2.24) is 15.3 Å². The second-order valence-corrected chi connectivity index (χ2v) is 10.8. The Balaban J connectivity index is 1.51. The molecule has 7 nitrogen and oxygen atoms in total. The SMILES string of the molecule is CC(C(=O)Nc1ncc(SCc2ncc(C(C)(C)C)o2)s1)c1ccc(CNCCO)cc1. The Kier molecular flexibility index (Phi) is 8.47. The van der Waals surface area contributed by atoms with Crippen molar-refractivity contribution in [3.8, 4) is 0 Å². The summed E-state index contributed by atoms with van der Waals surface area (Å²) in [4.78, 5) is 21.4. The van der Waals surface area contributed by atoms with Gasteiger partial charge in [0.15, 0.2) is 5.13 Å². The van der Waals surface area contributed by atoms with E-state index in [1.54, 1.807) is 24.2 Å². The number of aromatic nitrogens is 2. The zero-order chi connectivity index (χ0) is 23.1. The fraction of sp³-hybridized carbons (Fsp3) is 0.435. The topological polar surface area (TPSA) is 100 Å². The molecule has 0 radical (unpaired) electrons. The van der Waals surface area contributed by atoms with E-state index in [4.69, 9.17) is 9.52 Å². The highest BCUT2D eigenvalue weighted by Crippen LogP contribution is 2.32. The Morgan fingerprint density at radius 1 is 1.22 bits per heavy atom. The fourth-order valence-corrected chi connectivity index (χ4v) is 4.57. The Labute approximate surface area is 197 Å². The standard InChI is InChI=1S/C23H30N4O3S2/c1-15(17-7-5-16(6-8-17)11-24-9-10-28)21(29)27-22-26-13-20(32-22)31-14-19-25-12-18(30-19)23(2,3)4/h5-8,12-13,15,24,28H,9-11,14H2,1-4H3,(H,26,27,29). The largest absolute Gasteiger partial charge is 0.444 e. The molecular weight excluding hydrogens is 444 g/mol. The van der Waals surface area contributed by atoms with E-state index in [1.165, 1.54) is 11.3 Å². The summed E-state index contributed by atoms with van der Waals surface area (Å²) in [5.41, 5.74) is 1.99. The van der Waals surface area contributed by atoms with E-state index in [0.717, 1.165) is 21.1 Å². The summed E-state index contributed by atoms with van der Waals surface area (Å²) in [6, 6.07) is 7.92. The molecular formula is C23H30N4O3S2. The number of thioether (sulfide) groups is 1. The Hall–Kier alpha value is -2.20. The minimum absolute atomic E-state index is 0.0638. The summed E-state index contributed by atoms with van der Waals surface area (Å²) < 4.78 is 6.81. The molecule has 0 fully saturated rings. The Morgan fingerprint density at radius 3 is 2.62 bits per heavy atom. The first-order chi connectivity index (χ1) is 15.3. The van der Waals surface area contributed by atoms with E-state index in [2.05, 4.69) is 41.4 Å². The van der Waals surface area contributed by atoms with Crippen molar-refractivity contribution in [2.45, 2.75) is 55.5 Å². The van der Waals surface area contributed by atoms with E-state index in [0.29, 0.717) is 29.9 Å². The lowest BCUT2D eigenvalue weighted by Gasteiger charge is -2.12. The Bertz CT molecular complexity index is 1010. The summed E-state index contributed by atoms with van der Waals surface area (Å²) >= 11 is 3.03. The molecule has 3 N–H and O–H groups in total. The quantitative estimate of drug-likeness (QED) is 0.293. The van der Waals surface area contributed by atoms with Crippen molar-refractivity contribution >= 4 is 34.1 Å². The second kappa shape index (κ2) is 11.1. The number of nitrogens with zero attached hydrogens (tertiary/aromatic N) is 2. The molecule has 3 aromatic rings. The summed E-state index contributed by atoms with van der Waals surface area (Å²) in [7, 11) is 0. The van der Waals surface area contributed by atoms with Gasteiger partial charge in [0.2, 0.25) is 11.8 Å². The van der Waals surface area contributed by atoms with Gasteiger partial charge >= 0.3 is 0 Å². The van der Waals surface area contributed by atoms with Crippen molar-refractivity contribution in [2.24, 2.45) is 0 Å². The van der Waals surface area contributed by atoms with E-state index < -0.39 is 0 Å². The van der Waals surface area contributed by atoms with E-state index in [-0.39, 0.29) is 23.8 Å². The number of hydrogen-bond acceptors (Lipinski definition) is 8. The van der Waals surface area contributed by atoms with Crippen molar-refractivity contribution in [2.75, 3.05) is 18.5 Å². The van der Waals surface area contributed by atoms with Gasteiger partial charge in [-0.25, -0.2) is 9.97 Å². The first-order valence-electron chi connectivity index (χ1n) is 10.5. The average molecular weight is 475 g/mol. The van der Waals surface area contributed by atoms with Crippen LogP contribution in [0.5, 0.6) is 0 Å². The molecule has 1 atom stereocenters. The highest BCUT2D eigenvalue weighted by molar-refractivity contribution is 8.00. The van der Waals surface area contributed by atoms with Crippen LogP contribution in [-0.2, 0) is 22.5 Å². The molecule has 0 aliphatic carbocycles. The van der Waals surface area contributed by atoms with Crippen molar-refractivity contribution < 1.29 is 14.3 Å². The van der Waals surface area contributed by atoms with Crippen LogP contribution in [0.15, 0.2) is 45.3 Å². The van der Waals surface area contributed by atoms with Gasteiger partial charge in [0.1, 0.15) is 5.76 Å². The molecule has 1 aromatic carbocycles. The van der Waals surface area contributed by atoms with E-state index in [9.17, 15) is 4.79 Å². The highest BCUT2D eigenvalue weighted by Gasteiger charge is 2.20. The fourth-order valence-electron chi connectivity index (χ4n) is 2.84. The summed E-state index contributed by atoms with van der Waals surface area (Å²) in [5, 5.41) is 15.5. The highest BCUT2D eigenvalue weighted by atomic mass is 32.2. The van der Waals surface area contributed by atoms with Gasteiger partial charge in [0, 0.05) is 18.5 Å². The van der Waals surface area contributed by atoms with Gasteiger partial charge in [-0.2, -0.15) is 0 Å². The van der Waals surface area contributed by atoms with Crippen LogP contribution in [0.4, 0.5) is 5.13 Å². The minimum atomic E-state index is -0.294. The van der Waals surface area contributed by atoms with Crippen LogP contribution in [0.3, 0.4) is 0 Å². The molecule has 0 saturated heterocycles. The summed E-state index contributed by atoms with van der Waals surface area (Å²) in [6.07, 6.45) is 3.55. The molecule has 172 valence electrons. The number of aliphatic hydroxyl groups excluding tert-OH is 1. The van der Waals surface area contributed by atoms with Crippen LogP contribution >= 0.6 is 23.1 Å². The van der Waals surface area contributed by atoms with Crippen LogP contribution < -0.4 is 10.6 Å². The van der Waals surface area contributed by atoms with Gasteiger partial charge in [-0.3, -0.25) is 4.79 Å². The number of carbonyl (C=O) groups excluding carboxylic acids is 1. The predicted octanol–water partition coefficient (Wildman–Crippen LogP) is 4.55. The molecule has 0 aliphatic heterocycles. The minimum Gasteiger partial charge on any atom is -0.444 e. The number of oxazole rings is 1. The van der Waals surface area contributed by atoms with Gasteiger partial charge < -0.3 is 20.2 Å². The zero-order valence-electron chi connectivity index (χ0n) is 18.8. The first-order valence-corrected chi connectivity index (χ1v) is 12.3. The third-order valence-electron chi connectivity index (χ3n) is 4.84. The van der Waals surface area contributed by atoms with Crippen LogP contribution in [0.2, 0.25) is 0 Å². The van der Waals surface area contributed by atoms with Gasteiger partial charge in [-0.15, -0.1) is 11.8 Å². The maximum Gasteiger partial charge on any atom is 0.233 e. The molecule has 0 aliphatic rings. The summed E-state index contributed by atoms with van der Waals surface area (Å²) in [6.45, 7) is 9.52. The van der Waals surface area contributed by atoms with Crippen molar-refractivity contribution in [1.29, 1.82) is 0 Å². The van der Waals surface area contributed by atoms with Crippen molar-refractivity contribution in [3.05, 3.63) is 59.4 Å². The molecule has 1 unspecified atom stereocenters. The lowest BCUT2D eigenvalue weighted by atomic mass is 9.94. The molecule has 0 bridgehead atoms. The maximum atomic E-state index is 12.7. The monoisotopic (exact) mass is 474 g/mol. The molecule has 1 amide bonds. The van der Waals surface area contributed by atoms with E-state index in [1.807, 2.05) is 31.2 Å². The zero-order valence-corrected chi connectivity index (χ0v) is 20.5. The number of anilines is 1. The van der Waals surface area contributed by atoms with Gasteiger partial charge in [-0.1, -0.05) is 56.4 Å².